The first kappa shape index (κ1) is 72.2. The molecule has 5 aliphatic rings. The van der Waals surface area contributed by atoms with Gasteiger partial charge < -0.3 is 33.7 Å². The van der Waals surface area contributed by atoms with Crippen molar-refractivity contribution in [2.24, 2.45) is 0 Å². The van der Waals surface area contributed by atoms with E-state index in [9.17, 15) is 34.3 Å². The second-order valence-corrected chi connectivity index (χ2v) is 25.3. The van der Waals surface area contributed by atoms with E-state index in [1.165, 1.54) is 11.1 Å². The van der Waals surface area contributed by atoms with Crippen molar-refractivity contribution in [3.05, 3.63) is 166 Å². The first-order valence-electron chi connectivity index (χ1n) is 28.8. The maximum absolute atomic E-state index is 13.1. The monoisotopic (exact) mass is 1250 g/mol. The predicted molar refractivity (Wildman–Crippen MR) is 317 cm³/mol. The van der Waals surface area contributed by atoms with E-state index in [0.29, 0.717) is 106 Å². The second-order valence-electron chi connectivity index (χ2n) is 19.7. The van der Waals surface area contributed by atoms with E-state index in [1.54, 1.807) is 0 Å². The fraction of sp³-hybridized carbons (Fsp3) is 0.500. The molecule has 0 aromatic heterocycles. The van der Waals surface area contributed by atoms with Crippen molar-refractivity contribution < 1.29 is 86.1 Å². The fourth-order valence-corrected chi connectivity index (χ4v) is 10.1. The van der Waals surface area contributed by atoms with Gasteiger partial charge in [0.2, 0.25) is 0 Å². The summed E-state index contributed by atoms with van der Waals surface area (Å²) in [4.78, 5) is 0. The van der Waals surface area contributed by atoms with Crippen LogP contribution in [0.15, 0.2) is 121 Å². The zero-order chi connectivity index (χ0) is 60.9. The number of benzene rings is 5. The van der Waals surface area contributed by atoms with Crippen molar-refractivity contribution in [1.82, 2.24) is 10.2 Å². The van der Waals surface area contributed by atoms with E-state index in [4.69, 9.17) is 46.5 Å². The summed E-state index contributed by atoms with van der Waals surface area (Å²) < 4.78 is 142. The SMILES string of the molecule is CCCCOP(=O)(NCc1ccc(C[NH2+]Cc2ccc(CNP(=O)(OCCCC)OCCCC)cc2)cc1)OCCCC.F[P-](F)(F)(F)(F)F.c1cc2ccc1COCCOCCOCCOCc1ccc(cc1)OCc1ccc(cc1)CO2. The Balaban J connectivity index is 0.000000329. The van der Waals surface area contributed by atoms with E-state index >= 15 is 0 Å². The van der Waals surface area contributed by atoms with Gasteiger partial charge in [0.1, 0.15) is 37.8 Å². The van der Waals surface area contributed by atoms with Crippen molar-refractivity contribution in [2.75, 3.05) is 66.1 Å². The summed E-state index contributed by atoms with van der Waals surface area (Å²) >= 11 is 0. The van der Waals surface area contributed by atoms with Crippen molar-refractivity contribution in [3.63, 3.8) is 0 Å². The van der Waals surface area contributed by atoms with Crippen LogP contribution in [0, 0.1) is 0 Å². The Morgan fingerprint density at radius 1 is 0.405 bits per heavy atom. The van der Waals surface area contributed by atoms with Crippen LogP contribution in [0.3, 0.4) is 0 Å². The molecule has 472 valence electrons. The maximum atomic E-state index is 13.1. The standard InChI is InChI=1S/C32H55N3O6P2.C28H32O6.F6P/c1-5-9-21-38-42(36,39-22-10-6-2)34-27-31-17-13-29(14-18-31)25-33-26-30-15-19-32(20-16-30)28-35-43(37,40-23-11-7-3)41-24-12-8-4;1-2-26-4-3-25(1)21-33-27-9-5-23(6-10-27)19-31-17-15-29-13-14-30-16-18-32-20-24-7-11-28(12-8-24)34-22-26;1-7(2,3,4,5)6/h13-20,33H,5-12,21-28H2,1-4H3,(H,34,36)(H,35,37);1-12H,13-22H2;/q;;-1/p+1. The third-order valence-corrected chi connectivity index (χ3v) is 15.3. The number of ether oxygens (including phenoxy) is 6. The van der Waals surface area contributed by atoms with Gasteiger partial charge in [0, 0.05) is 24.2 Å². The van der Waals surface area contributed by atoms with E-state index in [2.05, 4.69) is 116 Å². The van der Waals surface area contributed by atoms with Gasteiger partial charge in [-0.05, 0) is 83.3 Å². The number of hydrogen-bond acceptors (Lipinski definition) is 12. The molecule has 0 saturated heterocycles. The molecule has 0 amide bonds. The molecule has 10 rings (SSSR count). The first-order valence-corrected chi connectivity index (χ1v) is 33.9. The molecule has 0 saturated carbocycles. The predicted octanol–water partition coefficient (Wildman–Crippen LogP) is 15.9. The molecule has 24 heteroatoms. The number of hydrogen-bond donors (Lipinski definition) is 3. The van der Waals surface area contributed by atoms with Crippen LogP contribution in [0.4, 0.5) is 25.2 Å². The molecule has 0 atom stereocenters. The molecule has 5 aromatic rings. The Labute approximate surface area is 492 Å². The third-order valence-electron chi connectivity index (χ3n) is 12.1. The maximum Gasteiger partial charge on any atom is 0.119 e. The number of fused-ring (bicyclic) bond motifs is 1. The minimum absolute atomic E-state index is 0.422. The van der Waals surface area contributed by atoms with Crippen molar-refractivity contribution in [2.45, 2.75) is 132 Å². The summed E-state index contributed by atoms with van der Waals surface area (Å²) in [6.07, 6.45) is 7.30. The summed E-state index contributed by atoms with van der Waals surface area (Å²) in [5, 5.41) is 8.31. The number of nitrogens with one attached hydrogen (secondary N) is 2. The van der Waals surface area contributed by atoms with Crippen molar-refractivity contribution in [1.29, 1.82) is 0 Å². The average Bonchev–Trinajstić information content (AvgIpc) is 3.55. The van der Waals surface area contributed by atoms with Gasteiger partial charge in [-0.15, -0.1) is 0 Å². The van der Waals surface area contributed by atoms with Gasteiger partial charge in [0.05, 0.1) is 79.3 Å². The molecule has 15 nitrogen and oxygen atoms in total. The van der Waals surface area contributed by atoms with E-state index < -0.39 is 23.3 Å². The van der Waals surface area contributed by atoms with Gasteiger partial charge in [0.15, 0.2) is 0 Å². The molecule has 84 heavy (non-hydrogen) atoms. The van der Waals surface area contributed by atoms with Crippen LogP contribution in [-0.4, -0.2) is 66.1 Å². The Morgan fingerprint density at radius 3 is 0.964 bits per heavy atom. The number of nitrogens with two attached hydrogens (primary N) is 1. The Bertz CT molecular complexity index is 2430. The molecule has 0 unspecified atom stereocenters. The van der Waals surface area contributed by atoms with Gasteiger partial charge in [-0.2, -0.15) is 0 Å². The number of quaternary nitrogens is 1. The summed E-state index contributed by atoms with van der Waals surface area (Å²) in [5.74, 6) is 1.67. The Morgan fingerprint density at radius 2 is 0.667 bits per heavy atom. The van der Waals surface area contributed by atoms with Crippen LogP contribution in [-0.2, 0) is 98.8 Å². The minimum Gasteiger partial charge on any atom is -0.489 e. The fourth-order valence-electron chi connectivity index (χ4n) is 7.31. The molecule has 4 N–H and O–H groups in total. The van der Waals surface area contributed by atoms with Gasteiger partial charge in [-0.25, -0.2) is 19.3 Å². The average molecular weight is 1250 g/mol. The largest absolute Gasteiger partial charge is 0.489 e. The van der Waals surface area contributed by atoms with Gasteiger partial charge in [-0.3, -0.25) is 18.1 Å². The quantitative estimate of drug-likeness (QED) is 0.0272. The topological polar surface area (TPSA) is 167 Å². The first-order chi connectivity index (χ1) is 40.1. The van der Waals surface area contributed by atoms with Gasteiger partial charge >= 0.3 is 48.5 Å². The summed E-state index contributed by atoms with van der Waals surface area (Å²) in [7, 11) is -17.3. The van der Waals surface area contributed by atoms with Crippen molar-refractivity contribution in [3.8, 4) is 11.5 Å². The van der Waals surface area contributed by atoms with Crippen LogP contribution < -0.4 is 25.0 Å². The number of halogens is 6. The van der Waals surface area contributed by atoms with Crippen LogP contribution in [0.2, 0.25) is 0 Å². The molecule has 5 aromatic carbocycles. The minimum atomic E-state index is -10.7. The van der Waals surface area contributed by atoms with Gasteiger partial charge in [0.25, 0.3) is 0 Å². The van der Waals surface area contributed by atoms with Crippen LogP contribution >= 0.6 is 23.3 Å². The van der Waals surface area contributed by atoms with Crippen LogP contribution in [0.5, 0.6) is 11.5 Å². The molecule has 0 fully saturated rings. The van der Waals surface area contributed by atoms with Gasteiger partial charge in [-0.1, -0.05) is 150 Å². The molecule has 0 radical (unpaired) electrons. The van der Waals surface area contributed by atoms with Crippen LogP contribution in [0.25, 0.3) is 0 Å². The summed E-state index contributed by atoms with van der Waals surface area (Å²) in [5.41, 5.74) is 8.91. The zero-order valence-electron chi connectivity index (χ0n) is 49.0. The number of unbranched alkanes of at least 4 members (excludes halogenated alkanes) is 4. The molecule has 0 aliphatic carbocycles. The summed E-state index contributed by atoms with van der Waals surface area (Å²) in [6.45, 7) is 17.9. The second kappa shape index (κ2) is 38.1. The molecule has 5 heterocycles. The van der Waals surface area contributed by atoms with E-state index in [0.717, 1.165) is 109 Å². The normalized spacial score (nSPS) is 15.0. The molecular weight excluding hydrogens is 1160 g/mol. The van der Waals surface area contributed by atoms with Crippen LogP contribution in [0.1, 0.15) is 124 Å². The Kier molecular flexibility index (Phi) is 32.8. The third kappa shape index (κ3) is 36.0. The molecule has 0 spiro atoms. The van der Waals surface area contributed by atoms with E-state index in [-0.39, 0.29) is 0 Å². The smallest absolute Gasteiger partial charge is 0.119 e. The van der Waals surface area contributed by atoms with Crippen molar-refractivity contribution >= 4 is 23.3 Å². The molecule has 6 bridgehead atoms. The number of rotatable bonds is 26. The Hall–Kier alpha value is -4.27. The molecule has 5 aliphatic heterocycles. The summed E-state index contributed by atoms with van der Waals surface area (Å²) in [6, 6.07) is 40.9. The van der Waals surface area contributed by atoms with E-state index in [1.807, 2.05) is 48.5 Å². The molecular formula is C60H88F6N3O12P3. The zero-order valence-corrected chi connectivity index (χ0v) is 51.7.